The maximum atomic E-state index is 10.9. The summed E-state index contributed by atoms with van der Waals surface area (Å²) in [6, 6.07) is 11.8. The summed E-state index contributed by atoms with van der Waals surface area (Å²) in [6.45, 7) is 3.89. The molecule has 2 aromatic rings. The Morgan fingerprint density at radius 3 is 2.58 bits per heavy atom. The molecule has 0 fully saturated rings. The largest absolute Gasteiger partial charge is 0.493 e. The van der Waals surface area contributed by atoms with Gasteiger partial charge in [-0.2, -0.15) is 5.10 Å². The van der Waals surface area contributed by atoms with Crippen LogP contribution in [0.4, 0.5) is 0 Å². The highest BCUT2D eigenvalue weighted by Crippen LogP contribution is 2.33. The fourth-order valence-corrected chi connectivity index (χ4v) is 2.38. The first-order valence-corrected chi connectivity index (χ1v) is 8.14. The second-order valence-corrected chi connectivity index (χ2v) is 6.08. The molecule has 1 N–H and O–H groups in total. The maximum absolute atomic E-state index is 10.9. The lowest BCUT2D eigenvalue weighted by Gasteiger charge is -2.13. The van der Waals surface area contributed by atoms with Gasteiger partial charge in [-0.3, -0.25) is 4.79 Å². The third-order valence-corrected chi connectivity index (χ3v) is 3.91. The molecule has 24 heavy (non-hydrogen) atoms. The number of rotatable bonds is 6. The first kappa shape index (κ1) is 18.0. The second-order valence-electron chi connectivity index (χ2n) is 5.23. The zero-order valence-corrected chi connectivity index (χ0v) is 15.4. The summed E-state index contributed by atoms with van der Waals surface area (Å²) in [4.78, 5) is 10.9. The summed E-state index contributed by atoms with van der Waals surface area (Å²) in [5, 5.41) is 3.86. The molecular weight excluding hydrogens is 372 g/mol. The molecule has 0 radical (unpaired) electrons. The van der Waals surface area contributed by atoms with Crippen molar-refractivity contribution in [3.05, 3.63) is 57.6 Å². The molecule has 6 heteroatoms. The second kappa shape index (κ2) is 8.49. The van der Waals surface area contributed by atoms with E-state index in [-0.39, 0.29) is 5.91 Å². The Bertz CT molecular complexity index is 743. The van der Waals surface area contributed by atoms with E-state index in [2.05, 4.69) is 26.5 Å². The molecule has 0 heterocycles. The van der Waals surface area contributed by atoms with Gasteiger partial charge in [0.1, 0.15) is 6.61 Å². The van der Waals surface area contributed by atoms with Crippen molar-refractivity contribution in [3.63, 3.8) is 0 Å². The van der Waals surface area contributed by atoms with Gasteiger partial charge in [-0.15, -0.1) is 0 Å². The molecule has 126 valence electrons. The fourth-order valence-electron chi connectivity index (χ4n) is 1.96. The van der Waals surface area contributed by atoms with E-state index in [1.165, 1.54) is 18.7 Å². The Kier molecular flexibility index (Phi) is 6.37. The highest BCUT2D eigenvalue weighted by molar-refractivity contribution is 9.10. The number of aryl methyl sites for hydroxylation is 1. The molecular formula is C18H19BrN2O3. The molecule has 0 aliphatic carbocycles. The van der Waals surface area contributed by atoms with Gasteiger partial charge >= 0.3 is 0 Å². The molecule has 5 nitrogen and oxygen atoms in total. The van der Waals surface area contributed by atoms with Gasteiger partial charge in [-0.25, -0.2) is 5.43 Å². The van der Waals surface area contributed by atoms with E-state index >= 15 is 0 Å². The molecule has 0 atom stereocenters. The van der Waals surface area contributed by atoms with E-state index in [1.807, 2.05) is 37.3 Å². The summed E-state index contributed by atoms with van der Waals surface area (Å²) >= 11 is 3.47. The molecule has 2 rings (SSSR count). The highest BCUT2D eigenvalue weighted by atomic mass is 79.9. The minimum Gasteiger partial charge on any atom is -0.493 e. The van der Waals surface area contributed by atoms with Crippen LogP contribution in [0, 0.1) is 6.92 Å². The number of amides is 1. The van der Waals surface area contributed by atoms with Gasteiger partial charge in [0.25, 0.3) is 0 Å². The van der Waals surface area contributed by atoms with Crippen LogP contribution in [-0.2, 0) is 11.4 Å². The van der Waals surface area contributed by atoms with Crippen LogP contribution >= 0.6 is 15.9 Å². The number of nitrogens with zero attached hydrogens (tertiary/aromatic N) is 1. The number of methoxy groups -OCH3 is 1. The molecule has 0 aromatic heterocycles. The number of hydrogen-bond donors (Lipinski definition) is 1. The van der Waals surface area contributed by atoms with Crippen LogP contribution in [0.3, 0.4) is 0 Å². The molecule has 0 bridgehead atoms. The van der Waals surface area contributed by atoms with Crippen LogP contribution in [0.2, 0.25) is 0 Å². The van der Waals surface area contributed by atoms with Crippen molar-refractivity contribution in [1.82, 2.24) is 5.43 Å². The van der Waals surface area contributed by atoms with Crippen molar-refractivity contribution >= 4 is 28.1 Å². The van der Waals surface area contributed by atoms with Crippen LogP contribution in [0.25, 0.3) is 0 Å². The fraction of sp³-hybridized carbons (Fsp3) is 0.222. The maximum Gasteiger partial charge on any atom is 0.236 e. The minimum atomic E-state index is -0.229. The Hall–Kier alpha value is -2.34. The Labute approximate surface area is 149 Å². The monoisotopic (exact) mass is 390 g/mol. The van der Waals surface area contributed by atoms with Crippen LogP contribution in [-0.4, -0.2) is 19.2 Å². The number of hydrogen-bond acceptors (Lipinski definition) is 4. The predicted octanol–water partition coefficient (Wildman–Crippen LogP) is 3.82. The summed E-state index contributed by atoms with van der Waals surface area (Å²) in [5.74, 6) is 0.989. The van der Waals surface area contributed by atoms with Gasteiger partial charge in [-0.05, 0) is 40.5 Å². The van der Waals surface area contributed by atoms with Crippen LogP contribution in [0.15, 0.2) is 46.0 Å². The van der Waals surface area contributed by atoms with Gasteiger partial charge in [0.05, 0.1) is 13.3 Å². The van der Waals surface area contributed by atoms with E-state index in [9.17, 15) is 4.79 Å². The Morgan fingerprint density at radius 2 is 1.96 bits per heavy atom. The standard InChI is InChI=1S/C18H19BrN2O3/c1-12-4-6-14(7-5-12)11-24-18-9-16(19)15(8-17(18)23-3)10-20-21-13(2)22/h4-10H,11H2,1-3H3,(H,21,22)/b20-10-. The van der Waals surface area contributed by atoms with Crippen LogP contribution in [0.5, 0.6) is 11.5 Å². The summed E-state index contributed by atoms with van der Waals surface area (Å²) in [7, 11) is 1.58. The number of hydrazone groups is 1. The molecule has 0 aliphatic heterocycles. The van der Waals surface area contributed by atoms with Gasteiger partial charge in [-0.1, -0.05) is 29.8 Å². The first-order valence-electron chi connectivity index (χ1n) is 7.35. The van der Waals surface area contributed by atoms with Crippen molar-refractivity contribution in [2.45, 2.75) is 20.5 Å². The van der Waals surface area contributed by atoms with Crippen molar-refractivity contribution in [1.29, 1.82) is 0 Å². The lowest BCUT2D eigenvalue weighted by Crippen LogP contribution is -2.12. The van der Waals surface area contributed by atoms with Crippen molar-refractivity contribution in [2.24, 2.45) is 5.10 Å². The average molecular weight is 391 g/mol. The molecule has 2 aromatic carbocycles. The predicted molar refractivity (Wildman–Crippen MR) is 97.6 cm³/mol. The molecule has 0 saturated carbocycles. The highest BCUT2D eigenvalue weighted by Gasteiger charge is 2.10. The summed E-state index contributed by atoms with van der Waals surface area (Å²) in [5.41, 5.74) is 5.42. The van der Waals surface area contributed by atoms with E-state index in [4.69, 9.17) is 9.47 Å². The quantitative estimate of drug-likeness (QED) is 0.602. The average Bonchev–Trinajstić information content (AvgIpc) is 2.55. The first-order chi connectivity index (χ1) is 11.5. The SMILES string of the molecule is COc1cc(/C=N\NC(C)=O)c(Br)cc1OCc1ccc(C)cc1. The molecule has 0 unspecified atom stereocenters. The van der Waals surface area contributed by atoms with E-state index in [0.29, 0.717) is 18.1 Å². The molecule has 0 saturated heterocycles. The number of halogens is 1. The van der Waals surface area contributed by atoms with Gasteiger partial charge < -0.3 is 9.47 Å². The molecule has 1 amide bonds. The third-order valence-electron chi connectivity index (χ3n) is 3.22. The van der Waals surface area contributed by atoms with Crippen molar-refractivity contribution in [3.8, 4) is 11.5 Å². The number of benzene rings is 2. The van der Waals surface area contributed by atoms with Crippen molar-refractivity contribution in [2.75, 3.05) is 7.11 Å². The lowest BCUT2D eigenvalue weighted by atomic mass is 10.2. The molecule has 0 spiro atoms. The summed E-state index contributed by atoms with van der Waals surface area (Å²) < 4.78 is 12.0. The van der Waals surface area contributed by atoms with Gasteiger partial charge in [0, 0.05) is 17.0 Å². The number of carbonyl (C=O) groups excluding carboxylic acids is 1. The molecule has 0 aliphatic rings. The van der Waals surface area contributed by atoms with E-state index < -0.39 is 0 Å². The van der Waals surface area contributed by atoms with Crippen molar-refractivity contribution < 1.29 is 14.3 Å². The van der Waals surface area contributed by atoms with E-state index in [1.54, 1.807) is 13.2 Å². The zero-order chi connectivity index (χ0) is 17.5. The van der Waals surface area contributed by atoms with Gasteiger partial charge in [0.2, 0.25) is 5.91 Å². The third kappa shape index (κ3) is 5.09. The number of ether oxygens (including phenoxy) is 2. The van der Waals surface area contributed by atoms with E-state index in [0.717, 1.165) is 15.6 Å². The summed E-state index contributed by atoms with van der Waals surface area (Å²) in [6.07, 6.45) is 1.54. The van der Waals surface area contributed by atoms with Crippen LogP contribution < -0.4 is 14.9 Å². The Morgan fingerprint density at radius 1 is 1.25 bits per heavy atom. The van der Waals surface area contributed by atoms with Gasteiger partial charge in [0.15, 0.2) is 11.5 Å². The number of carbonyl (C=O) groups is 1. The normalized spacial score (nSPS) is 10.7. The topological polar surface area (TPSA) is 59.9 Å². The zero-order valence-electron chi connectivity index (χ0n) is 13.8. The lowest BCUT2D eigenvalue weighted by molar-refractivity contribution is -0.118. The minimum absolute atomic E-state index is 0.229. The smallest absolute Gasteiger partial charge is 0.236 e. The number of nitrogens with one attached hydrogen (secondary N) is 1. The Balaban J connectivity index is 2.15. The van der Waals surface area contributed by atoms with Crippen LogP contribution in [0.1, 0.15) is 23.6 Å².